The molecule has 0 fully saturated rings. The lowest BCUT2D eigenvalue weighted by Gasteiger charge is -2.30. The van der Waals surface area contributed by atoms with Gasteiger partial charge in [0.05, 0.1) is 11.9 Å². The normalized spacial score (nSPS) is 13.8. The van der Waals surface area contributed by atoms with E-state index in [2.05, 4.69) is 9.55 Å². The molecule has 5 heteroatoms. The van der Waals surface area contributed by atoms with E-state index in [1.807, 2.05) is 30.3 Å². The number of para-hydroxylation sites is 1. The van der Waals surface area contributed by atoms with E-state index in [4.69, 9.17) is 0 Å². The maximum atomic E-state index is 12.9. The zero-order chi connectivity index (χ0) is 16.7. The van der Waals surface area contributed by atoms with Gasteiger partial charge in [0.2, 0.25) is 5.91 Å². The molecule has 0 atom stereocenters. The van der Waals surface area contributed by atoms with Crippen LogP contribution in [0.1, 0.15) is 18.2 Å². The summed E-state index contributed by atoms with van der Waals surface area (Å²) in [5, 5.41) is 0.588. The van der Waals surface area contributed by atoms with Crippen LogP contribution in [0.5, 0.6) is 0 Å². The summed E-state index contributed by atoms with van der Waals surface area (Å²) in [4.78, 5) is 30.9. The van der Waals surface area contributed by atoms with Gasteiger partial charge in [0.15, 0.2) is 5.43 Å². The summed E-state index contributed by atoms with van der Waals surface area (Å²) in [6, 6.07) is 13.5. The van der Waals surface area contributed by atoms with Crippen LogP contribution in [0.4, 0.5) is 0 Å². The Kier molecular flexibility index (Phi) is 3.41. The number of benzene rings is 1. The van der Waals surface area contributed by atoms with Crippen molar-refractivity contribution in [3.63, 3.8) is 0 Å². The number of fused-ring (bicyclic) bond motifs is 2. The maximum Gasteiger partial charge on any atom is 0.219 e. The van der Waals surface area contributed by atoms with E-state index in [-0.39, 0.29) is 11.3 Å². The first-order chi connectivity index (χ1) is 11.7. The second kappa shape index (κ2) is 5.60. The van der Waals surface area contributed by atoms with Gasteiger partial charge in [-0.1, -0.05) is 18.2 Å². The van der Waals surface area contributed by atoms with Crippen LogP contribution in [0, 0.1) is 0 Å². The van der Waals surface area contributed by atoms with E-state index in [0.717, 1.165) is 11.4 Å². The molecule has 1 aliphatic rings. The standard InChI is InChI=1S/C19H17N3O2/c1-13(23)21-11-9-17-16(12-21)18(24)15-8-5-10-20-19(15)22(17)14-6-3-2-4-7-14/h2-8,10H,9,11-12H2,1H3. The molecule has 1 aromatic carbocycles. The molecule has 4 rings (SSSR count). The average molecular weight is 319 g/mol. The van der Waals surface area contributed by atoms with Gasteiger partial charge in [-0.3, -0.25) is 14.2 Å². The third-order valence-electron chi connectivity index (χ3n) is 4.56. The summed E-state index contributed by atoms with van der Waals surface area (Å²) in [5.41, 5.74) is 3.28. The van der Waals surface area contributed by atoms with Crippen molar-refractivity contribution in [3.8, 4) is 5.69 Å². The molecule has 1 aliphatic heterocycles. The third-order valence-corrected chi connectivity index (χ3v) is 4.56. The summed E-state index contributed by atoms with van der Waals surface area (Å²) < 4.78 is 2.06. The average Bonchev–Trinajstić information content (AvgIpc) is 2.62. The highest BCUT2D eigenvalue weighted by atomic mass is 16.2. The van der Waals surface area contributed by atoms with Crippen LogP contribution >= 0.6 is 0 Å². The zero-order valence-corrected chi connectivity index (χ0v) is 13.4. The van der Waals surface area contributed by atoms with Gasteiger partial charge < -0.3 is 4.90 Å². The number of hydrogen-bond donors (Lipinski definition) is 0. The Hall–Kier alpha value is -2.95. The van der Waals surface area contributed by atoms with Gasteiger partial charge in [-0.2, -0.15) is 0 Å². The van der Waals surface area contributed by atoms with Gasteiger partial charge >= 0.3 is 0 Å². The first-order valence-corrected chi connectivity index (χ1v) is 7.99. The molecule has 0 bridgehead atoms. The minimum atomic E-state index is -0.0220. The molecular formula is C19H17N3O2. The van der Waals surface area contributed by atoms with E-state index in [9.17, 15) is 9.59 Å². The van der Waals surface area contributed by atoms with Crippen molar-refractivity contribution in [1.29, 1.82) is 0 Å². The van der Waals surface area contributed by atoms with Crippen LogP contribution in [0.3, 0.4) is 0 Å². The lowest BCUT2D eigenvalue weighted by atomic mass is 10.0. The van der Waals surface area contributed by atoms with Gasteiger partial charge in [-0.25, -0.2) is 4.98 Å². The molecule has 3 aromatic rings. The van der Waals surface area contributed by atoms with Gasteiger partial charge in [0.25, 0.3) is 0 Å². The van der Waals surface area contributed by atoms with Gasteiger partial charge in [0.1, 0.15) is 5.65 Å². The molecular weight excluding hydrogens is 302 g/mol. The Morgan fingerprint density at radius 3 is 2.67 bits per heavy atom. The number of carbonyl (C=O) groups is 1. The number of nitrogens with zero attached hydrogens (tertiary/aromatic N) is 3. The molecule has 24 heavy (non-hydrogen) atoms. The molecule has 2 aromatic heterocycles. The molecule has 3 heterocycles. The largest absolute Gasteiger partial charge is 0.338 e. The number of pyridine rings is 2. The van der Waals surface area contributed by atoms with Crippen molar-refractivity contribution in [1.82, 2.24) is 14.5 Å². The van der Waals surface area contributed by atoms with Crippen LogP contribution in [-0.2, 0) is 17.8 Å². The van der Waals surface area contributed by atoms with E-state index >= 15 is 0 Å². The molecule has 1 amide bonds. The SMILES string of the molecule is CC(=O)N1CCc2c(c(=O)c3cccnc3n2-c2ccccc2)C1. The smallest absolute Gasteiger partial charge is 0.219 e. The Balaban J connectivity index is 2.07. The summed E-state index contributed by atoms with van der Waals surface area (Å²) >= 11 is 0. The van der Waals surface area contributed by atoms with Crippen LogP contribution in [0.2, 0.25) is 0 Å². The first-order valence-electron chi connectivity index (χ1n) is 7.99. The highest BCUT2D eigenvalue weighted by molar-refractivity contribution is 5.79. The van der Waals surface area contributed by atoms with Crippen molar-refractivity contribution < 1.29 is 4.79 Å². The first kappa shape index (κ1) is 14.6. The number of aromatic nitrogens is 2. The number of rotatable bonds is 1. The zero-order valence-electron chi connectivity index (χ0n) is 13.4. The second-order valence-corrected chi connectivity index (χ2v) is 5.99. The number of carbonyl (C=O) groups excluding carboxylic acids is 1. The lowest BCUT2D eigenvalue weighted by molar-refractivity contribution is -0.129. The van der Waals surface area contributed by atoms with Crippen LogP contribution in [0.15, 0.2) is 53.5 Å². The highest BCUT2D eigenvalue weighted by Crippen LogP contribution is 2.24. The van der Waals surface area contributed by atoms with Gasteiger partial charge in [-0.15, -0.1) is 0 Å². The van der Waals surface area contributed by atoms with E-state index < -0.39 is 0 Å². The van der Waals surface area contributed by atoms with Crippen molar-refractivity contribution in [3.05, 3.63) is 70.1 Å². The van der Waals surface area contributed by atoms with Crippen molar-refractivity contribution in [2.45, 2.75) is 19.9 Å². The highest BCUT2D eigenvalue weighted by Gasteiger charge is 2.25. The molecule has 0 unspecified atom stereocenters. The minimum absolute atomic E-state index is 0.00223. The monoisotopic (exact) mass is 319 g/mol. The lowest BCUT2D eigenvalue weighted by Crippen LogP contribution is -2.39. The topological polar surface area (TPSA) is 55.2 Å². The molecule has 0 saturated heterocycles. The van der Waals surface area contributed by atoms with E-state index in [1.165, 1.54) is 0 Å². The predicted octanol–water partition coefficient (Wildman–Crippen LogP) is 2.29. The third kappa shape index (κ3) is 2.21. The van der Waals surface area contributed by atoms with E-state index in [0.29, 0.717) is 36.1 Å². The fourth-order valence-electron chi connectivity index (χ4n) is 3.37. The van der Waals surface area contributed by atoms with Crippen LogP contribution in [0.25, 0.3) is 16.7 Å². The minimum Gasteiger partial charge on any atom is -0.338 e. The second-order valence-electron chi connectivity index (χ2n) is 5.99. The molecule has 0 aliphatic carbocycles. The van der Waals surface area contributed by atoms with Crippen LogP contribution < -0.4 is 5.43 Å². The maximum absolute atomic E-state index is 12.9. The molecule has 120 valence electrons. The molecule has 0 saturated carbocycles. The fraction of sp³-hybridized carbons (Fsp3) is 0.211. The van der Waals surface area contributed by atoms with Gasteiger partial charge in [-0.05, 0) is 24.3 Å². The Bertz CT molecular complexity index is 993. The summed E-state index contributed by atoms with van der Waals surface area (Å²) in [5.74, 6) is -0.00223. The molecule has 0 N–H and O–H groups in total. The fourth-order valence-corrected chi connectivity index (χ4v) is 3.37. The van der Waals surface area contributed by atoms with Crippen LogP contribution in [-0.4, -0.2) is 26.9 Å². The molecule has 0 radical (unpaired) electrons. The number of amides is 1. The van der Waals surface area contributed by atoms with E-state index in [1.54, 1.807) is 30.2 Å². The summed E-state index contributed by atoms with van der Waals surface area (Å²) in [7, 11) is 0. The summed E-state index contributed by atoms with van der Waals surface area (Å²) in [6.07, 6.45) is 2.35. The molecule has 5 nitrogen and oxygen atoms in total. The molecule has 0 spiro atoms. The summed E-state index contributed by atoms with van der Waals surface area (Å²) in [6.45, 7) is 2.53. The Labute approximate surface area is 139 Å². The Morgan fingerprint density at radius 1 is 1.12 bits per heavy atom. The van der Waals surface area contributed by atoms with Crippen molar-refractivity contribution in [2.75, 3.05) is 6.54 Å². The van der Waals surface area contributed by atoms with Crippen molar-refractivity contribution in [2.24, 2.45) is 0 Å². The van der Waals surface area contributed by atoms with Gasteiger partial charge in [0, 0.05) is 43.0 Å². The predicted molar refractivity (Wildman–Crippen MR) is 92.1 cm³/mol. The number of hydrogen-bond acceptors (Lipinski definition) is 3. The quantitative estimate of drug-likeness (QED) is 0.691. The van der Waals surface area contributed by atoms with Crippen molar-refractivity contribution >= 4 is 16.9 Å². The Morgan fingerprint density at radius 2 is 1.92 bits per heavy atom.